The van der Waals surface area contributed by atoms with Crippen molar-refractivity contribution < 1.29 is 17.4 Å². The molecule has 3 heterocycles. The summed E-state index contributed by atoms with van der Waals surface area (Å²) >= 11 is 0. The second-order valence-corrected chi connectivity index (χ2v) is 10.2. The molecule has 166 valence electrons. The predicted molar refractivity (Wildman–Crippen MR) is 114 cm³/mol. The van der Waals surface area contributed by atoms with Gasteiger partial charge in [0, 0.05) is 18.5 Å². The number of nitrogens with zero attached hydrogens (tertiary/aromatic N) is 6. The van der Waals surface area contributed by atoms with E-state index in [-0.39, 0.29) is 12.0 Å². The van der Waals surface area contributed by atoms with Crippen LogP contribution in [-0.2, 0) is 27.9 Å². The molecule has 1 aliphatic rings. The van der Waals surface area contributed by atoms with Gasteiger partial charge in [0.15, 0.2) is 17.0 Å². The lowest BCUT2D eigenvalue weighted by molar-refractivity contribution is 0.198. The Morgan fingerprint density at radius 2 is 1.90 bits per heavy atom. The Balaban J connectivity index is 1.80. The molecular formula is C20H25FN6O3S. The molecule has 1 aliphatic heterocycles. The molecule has 9 nitrogen and oxygen atoms in total. The highest BCUT2D eigenvalue weighted by molar-refractivity contribution is 7.85. The third kappa shape index (κ3) is 4.67. The van der Waals surface area contributed by atoms with E-state index < -0.39 is 22.1 Å². The lowest BCUT2D eigenvalue weighted by atomic mass is 9.96. The number of rotatable bonds is 5. The van der Waals surface area contributed by atoms with Gasteiger partial charge in [-0.15, -0.1) is 8.98 Å². The Morgan fingerprint density at radius 1 is 1.19 bits per heavy atom. The van der Waals surface area contributed by atoms with Gasteiger partial charge in [-0.25, -0.2) is 14.6 Å². The molecule has 11 heteroatoms. The van der Waals surface area contributed by atoms with Crippen molar-refractivity contribution in [3.8, 4) is 0 Å². The summed E-state index contributed by atoms with van der Waals surface area (Å²) in [7, 11) is -4.67. The van der Waals surface area contributed by atoms with Gasteiger partial charge < -0.3 is 10.0 Å². The summed E-state index contributed by atoms with van der Waals surface area (Å²) in [5, 5.41) is 18.5. The molecule has 1 N–H and O–H groups in total. The molecule has 3 aromatic rings. The van der Waals surface area contributed by atoms with Gasteiger partial charge in [0.05, 0.1) is 12.6 Å². The maximum atomic E-state index is 13.3. The summed E-state index contributed by atoms with van der Waals surface area (Å²) in [6.45, 7) is 7.32. The SMILES string of the molecule is CC(C)(C)c1nc(N2CC[C@H](O)C2)c2nnn(Cc3ccccc3CS(=O)(=O)F)c2n1. The highest BCUT2D eigenvalue weighted by Crippen LogP contribution is 2.29. The molecule has 0 radical (unpaired) electrons. The molecule has 0 bridgehead atoms. The maximum absolute atomic E-state index is 13.3. The summed E-state index contributed by atoms with van der Waals surface area (Å²) < 4.78 is 37.3. The molecule has 31 heavy (non-hydrogen) atoms. The van der Waals surface area contributed by atoms with E-state index in [4.69, 9.17) is 9.97 Å². The Morgan fingerprint density at radius 3 is 2.52 bits per heavy atom. The van der Waals surface area contributed by atoms with Crippen LogP contribution in [0.5, 0.6) is 0 Å². The van der Waals surface area contributed by atoms with Gasteiger partial charge in [0.2, 0.25) is 0 Å². The molecule has 0 spiro atoms. The first-order valence-electron chi connectivity index (χ1n) is 10.0. The maximum Gasteiger partial charge on any atom is 0.306 e. The van der Waals surface area contributed by atoms with E-state index >= 15 is 0 Å². The van der Waals surface area contributed by atoms with E-state index in [9.17, 15) is 17.4 Å². The van der Waals surface area contributed by atoms with Crippen LogP contribution in [0.4, 0.5) is 9.70 Å². The average molecular weight is 449 g/mol. The molecule has 1 saturated heterocycles. The van der Waals surface area contributed by atoms with Crippen molar-refractivity contribution in [1.29, 1.82) is 0 Å². The smallest absolute Gasteiger partial charge is 0.306 e. The summed E-state index contributed by atoms with van der Waals surface area (Å²) in [5.41, 5.74) is 1.66. The van der Waals surface area contributed by atoms with Gasteiger partial charge in [0.25, 0.3) is 0 Å². The fourth-order valence-electron chi connectivity index (χ4n) is 3.64. The van der Waals surface area contributed by atoms with Gasteiger partial charge in [-0.05, 0) is 17.5 Å². The highest BCUT2D eigenvalue weighted by Gasteiger charge is 2.29. The first-order valence-corrected chi connectivity index (χ1v) is 11.6. The fourth-order valence-corrected chi connectivity index (χ4v) is 4.29. The summed E-state index contributed by atoms with van der Waals surface area (Å²) in [5.74, 6) is 0.534. The standard InChI is InChI=1S/C20H25FN6O3S/c1-20(2,3)19-22-17(26-9-8-15(28)11-26)16-18(23-19)27(25-24-16)10-13-6-4-5-7-14(13)12-31(21,29)30/h4-7,15,28H,8-12H2,1-3H3/t15-/m0/s1. The Kier molecular flexibility index (Phi) is 5.42. The van der Waals surface area contributed by atoms with Crippen molar-refractivity contribution in [3.63, 3.8) is 0 Å². The Labute approximate surface area is 180 Å². The molecule has 0 aliphatic carbocycles. The number of hydrogen-bond acceptors (Lipinski definition) is 8. The topological polar surface area (TPSA) is 114 Å². The predicted octanol–water partition coefficient (Wildman–Crippen LogP) is 1.94. The molecule has 1 fully saturated rings. The summed E-state index contributed by atoms with van der Waals surface area (Å²) in [6.07, 6.45) is 0.225. The normalized spacial score (nSPS) is 17.6. The van der Waals surface area contributed by atoms with Crippen molar-refractivity contribution in [2.45, 2.75) is 51.0 Å². The van der Waals surface area contributed by atoms with Crippen LogP contribution in [0.25, 0.3) is 11.2 Å². The highest BCUT2D eigenvalue weighted by atomic mass is 32.3. The van der Waals surface area contributed by atoms with Crippen molar-refractivity contribution in [2.75, 3.05) is 18.0 Å². The second kappa shape index (κ2) is 7.79. The average Bonchev–Trinajstić information content (AvgIpc) is 3.27. The van der Waals surface area contributed by atoms with E-state index in [0.29, 0.717) is 53.4 Å². The minimum absolute atomic E-state index is 0.185. The minimum atomic E-state index is -4.67. The van der Waals surface area contributed by atoms with E-state index in [2.05, 4.69) is 10.3 Å². The van der Waals surface area contributed by atoms with Crippen LogP contribution in [-0.4, -0.2) is 57.7 Å². The van der Waals surface area contributed by atoms with E-state index in [1.165, 1.54) is 0 Å². The molecule has 0 unspecified atom stereocenters. The van der Waals surface area contributed by atoms with Crippen LogP contribution in [0.2, 0.25) is 0 Å². The number of benzene rings is 1. The first-order chi connectivity index (χ1) is 14.5. The third-order valence-corrected chi connectivity index (χ3v) is 5.90. The van der Waals surface area contributed by atoms with Crippen LogP contribution >= 0.6 is 0 Å². The largest absolute Gasteiger partial charge is 0.391 e. The number of aliphatic hydroxyl groups is 1. The van der Waals surface area contributed by atoms with Crippen molar-refractivity contribution in [2.24, 2.45) is 0 Å². The lowest BCUT2D eigenvalue weighted by Crippen LogP contribution is -2.25. The molecule has 2 aromatic heterocycles. The molecular weight excluding hydrogens is 423 g/mol. The van der Waals surface area contributed by atoms with Crippen LogP contribution in [0.3, 0.4) is 0 Å². The van der Waals surface area contributed by atoms with Gasteiger partial charge in [-0.2, -0.15) is 8.42 Å². The molecule has 0 saturated carbocycles. The number of hydrogen-bond donors (Lipinski definition) is 1. The van der Waals surface area contributed by atoms with Crippen LogP contribution in [0.15, 0.2) is 24.3 Å². The van der Waals surface area contributed by atoms with Crippen molar-refractivity contribution in [3.05, 3.63) is 41.2 Å². The molecule has 1 aromatic carbocycles. The van der Waals surface area contributed by atoms with Crippen molar-refractivity contribution >= 4 is 27.2 Å². The number of β-amino-alcohol motifs (C(OH)–C–C–N with tert-alkyl or cyclic N) is 1. The van der Waals surface area contributed by atoms with Crippen LogP contribution in [0, 0.1) is 0 Å². The molecule has 1 atom stereocenters. The summed E-state index contributed by atoms with van der Waals surface area (Å²) in [4.78, 5) is 11.4. The number of anilines is 1. The number of aromatic nitrogens is 5. The van der Waals surface area contributed by atoms with E-state index in [0.717, 1.165) is 0 Å². The first kappa shape index (κ1) is 21.6. The van der Waals surface area contributed by atoms with Gasteiger partial charge in [-0.3, -0.25) is 0 Å². The number of aliphatic hydroxyl groups excluding tert-OH is 1. The Bertz CT molecular complexity index is 1220. The minimum Gasteiger partial charge on any atom is -0.391 e. The molecule has 0 amide bonds. The fraction of sp³-hybridized carbons (Fsp3) is 0.500. The van der Waals surface area contributed by atoms with E-state index in [1.54, 1.807) is 28.9 Å². The third-order valence-electron chi connectivity index (χ3n) is 5.24. The molecule has 4 rings (SSSR count). The zero-order valence-electron chi connectivity index (χ0n) is 17.7. The Hall–Kier alpha value is -2.66. The van der Waals surface area contributed by atoms with E-state index in [1.807, 2.05) is 25.7 Å². The zero-order chi connectivity index (χ0) is 22.4. The number of fused-ring (bicyclic) bond motifs is 1. The van der Waals surface area contributed by atoms with Crippen LogP contribution in [0.1, 0.15) is 44.1 Å². The quantitative estimate of drug-likeness (QED) is 0.589. The van der Waals surface area contributed by atoms with Gasteiger partial charge >= 0.3 is 10.2 Å². The van der Waals surface area contributed by atoms with Crippen molar-refractivity contribution in [1.82, 2.24) is 25.0 Å². The van der Waals surface area contributed by atoms with Gasteiger partial charge in [-0.1, -0.05) is 50.3 Å². The number of halogens is 1. The lowest BCUT2D eigenvalue weighted by Gasteiger charge is -2.22. The summed E-state index contributed by atoms with van der Waals surface area (Å²) in [6, 6.07) is 6.74. The van der Waals surface area contributed by atoms with Gasteiger partial charge in [0.1, 0.15) is 11.6 Å². The second-order valence-electron chi connectivity index (χ2n) is 8.88. The monoisotopic (exact) mass is 448 g/mol. The van der Waals surface area contributed by atoms with Crippen LogP contribution < -0.4 is 4.90 Å². The zero-order valence-corrected chi connectivity index (χ0v) is 18.5.